The molecule has 0 saturated heterocycles. The minimum atomic E-state index is -0.900. The van der Waals surface area contributed by atoms with Crippen LogP contribution in [-0.4, -0.2) is 79.3 Å². The lowest BCUT2D eigenvalue weighted by Gasteiger charge is -2.28. The third-order valence-corrected chi connectivity index (χ3v) is 6.71. The maximum atomic E-state index is 13.6. The van der Waals surface area contributed by atoms with Gasteiger partial charge in [-0.15, -0.1) is 0 Å². The monoisotopic (exact) mass is 620 g/mol. The second-order valence-corrected chi connectivity index (χ2v) is 12.4. The first-order valence-electron chi connectivity index (χ1n) is 15.7. The number of hydrogen-bond acceptors (Lipinski definition) is 8. The van der Waals surface area contributed by atoms with Gasteiger partial charge in [-0.3, -0.25) is 19.2 Å². The minimum absolute atomic E-state index is 0.0856. The number of benzene rings is 1. The Balaban J connectivity index is 2.95. The van der Waals surface area contributed by atoms with Crippen LogP contribution in [0.1, 0.15) is 85.1 Å². The van der Waals surface area contributed by atoms with Gasteiger partial charge >= 0.3 is 6.09 Å². The molecule has 0 aliphatic rings. The van der Waals surface area contributed by atoms with Crippen LogP contribution in [0.5, 0.6) is 0 Å². The number of hydrogen-bond donors (Lipinski definition) is 5. The van der Waals surface area contributed by atoms with Crippen molar-refractivity contribution >= 4 is 23.8 Å². The number of nitrogens with two attached hydrogens (primary N) is 2. The second kappa shape index (κ2) is 20.7. The number of hydroxylamine groups is 2. The highest BCUT2D eigenvalue weighted by Gasteiger charge is 2.31. The number of nitrogens with zero attached hydrogens (tertiary/aromatic N) is 1. The fourth-order valence-corrected chi connectivity index (χ4v) is 4.49. The molecule has 1 aromatic rings. The van der Waals surface area contributed by atoms with Gasteiger partial charge in [0.1, 0.15) is 17.7 Å². The van der Waals surface area contributed by atoms with Crippen molar-refractivity contribution in [2.45, 2.75) is 110 Å². The Morgan fingerprint density at radius 2 is 1.57 bits per heavy atom. The number of amides is 4. The molecule has 0 unspecified atom stereocenters. The quantitative estimate of drug-likeness (QED) is 0.109. The average Bonchev–Trinajstić information content (AvgIpc) is 2.95. The molecule has 44 heavy (non-hydrogen) atoms. The summed E-state index contributed by atoms with van der Waals surface area (Å²) >= 11 is 0. The number of carbonyl (C=O) groups excluding carboxylic acids is 4. The molecule has 0 aliphatic heterocycles. The molecule has 0 radical (unpaired) electrons. The number of alkyl carbamates (subject to hydrolysis) is 1. The molecule has 12 nitrogen and oxygen atoms in total. The Morgan fingerprint density at radius 3 is 2.16 bits per heavy atom. The summed E-state index contributed by atoms with van der Waals surface area (Å²) in [5.41, 5.74) is 12.1. The summed E-state index contributed by atoms with van der Waals surface area (Å²) in [6.45, 7) is 10.5. The van der Waals surface area contributed by atoms with Gasteiger partial charge in [0.05, 0.1) is 13.2 Å². The number of carbonyl (C=O) groups is 4. The smallest absolute Gasteiger partial charge is 0.407 e. The van der Waals surface area contributed by atoms with Crippen LogP contribution >= 0.6 is 0 Å². The minimum Gasteiger partial charge on any atom is -0.444 e. The van der Waals surface area contributed by atoms with Crippen molar-refractivity contribution in [3.8, 4) is 0 Å². The van der Waals surface area contributed by atoms with Gasteiger partial charge in [0.15, 0.2) is 0 Å². The van der Waals surface area contributed by atoms with Crippen LogP contribution in [0, 0.1) is 5.92 Å². The van der Waals surface area contributed by atoms with Gasteiger partial charge < -0.3 is 32.2 Å². The standard InChI is InChI=1S/C32H56N6O6/c1-23(2)21-27(37-28(39)25(34)22-24-15-9-7-10-16-24)29(40)36-26(30(41)38(43-6)20-14-8-12-18-33)17-11-13-19-35-31(42)44-32(3,4)5/h7,9-10,15-16,23,25-27H,8,11-14,17-22,33-34H2,1-6H3,(H,35,42)(H,36,40)(H,37,39)/t25-,26-,27-/m1/s1. The van der Waals surface area contributed by atoms with Gasteiger partial charge in [0, 0.05) is 13.1 Å². The van der Waals surface area contributed by atoms with Gasteiger partial charge in [0.2, 0.25) is 11.8 Å². The Labute approximate surface area is 263 Å². The zero-order chi connectivity index (χ0) is 33.1. The molecule has 1 rings (SSSR count). The van der Waals surface area contributed by atoms with Gasteiger partial charge in [0.25, 0.3) is 5.91 Å². The Kier molecular flexibility index (Phi) is 18.2. The van der Waals surface area contributed by atoms with Crippen molar-refractivity contribution < 1.29 is 28.8 Å². The summed E-state index contributed by atoms with van der Waals surface area (Å²) in [7, 11) is 1.42. The van der Waals surface area contributed by atoms with Crippen LogP contribution < -0.4 is 27.4 Å². The summed E-state index contributed by atoms with van der Waals surface area (Å²) in [4.78, 5) is 57.5. The van der Waals surface area contributed by atoms with Gasteiger partial charge in [-0.2, -0.15) is 0 Å². The predicted molar refractivity (Wildman–Crippen MR) is 171 cm³/mol. The van der Waals surface area contributed by atoms with E-state index in [9.17, 15) is 19.2 Å². The molecule has 0 spiro atoms. The average molecular weight is 621 g/mol. The summed E-state index contributed by atoms with van der Waals surface area (Å²) < 4.78 is 5.26. The normalized spacial score (nSPS) is 13.5. The van der Waals surface area contributed by atoms with Crippen LogP contribution in [0.2, 0.25) is 0 Å². The number of unbranched alkanes of at least 4 members (excludes halogenated alkanes) is 3. The Morgan fingerprint density at radius 1 is 0.909 bits per heavy atom. The number of ether oxygens (including phenoxy) is 1. The van der Waals surface area contributed by atoms with Crippen LogP contribution in [-0.2, 0) is 30.4 Å². The van der Waals surface area contributed by atoms with Crippen molar-refractivity contribution in [2.75, 3.05) is 26.7 Å². The van der Waals surface area contributed by atoms with Crippen LogP contribution in [0.4, 0.5) is 4.79 Å². The molecule has 7 N–H and O–H groups in total. The van der Waals surface area contributed by atoms with Crippen molar-refractivity contribution in [3.63, 3.8) is 0 Å². The first-order chi connectivity index (χ1) is 20.8. The molecular formula is C32H56N6O6. The molecule has 0 fully saturated rings. The molecule has 0 aromatic heterocycles. The molecule has 12 heteroatoms. The van der Waals surface area contributed by atoms with Gasteiger partial charge in [-0.05, 0) is 83.7 Å². The first kappa shape index (κ1) is 38.8. The topological polar surface area (TPSA) is 178 Å². The van der Waals surface area contributed by atoms with E-state index >= 15 is 0 Å². The Hall–Kier alpha value is -3.22. The van der Waals surface area contributed by atoms with Crippen molar-refractivity contribution in [1.82, 2.24) is 21.0 Å². The molecule has 3 atom stereocenters. The van der Waals surface area contributed by atoms with E-state index in [1.54, 1.807) is 20.8 Å². The summed E-state index contributed by atoms with van der Waals surface area (Å²) in [5, 5.41) is 9.64. The van der Waals surface area contributed by atoms with Crippen LogP contribution in [0.3, 0.4) is 0 Å². The zero-order valence-corrected chi connectivity index (χ0v) is 27.5. The van der Waals surface area contributed by atoms with E-state index < -0.39 is 41.6 Å². The molecule has 4 amide bonds. The number of nitrogens with one attached hydrogen (secondary N) is 3. The maximum absolute atomic E-state index is 13.6. The highest BCUT2D eigenvalue weighted by Crippen LogP contribution is 2.12. The molecular weight excluding hydrogens is 564 g/mol. The van der Waals surface area contributed by atoms with E-state index in [4.69, 9.17) is 21.0 Å². The maximum Gasteiger partial charge on any atom is 0.407 e. The fraction of sp³-hybridized carbons (Fsp3) is 0.688. The molecule has 0 aliphatic carbocycles. The van der Waals surface area contributed by atoms with Crippen LogP contribution in [0.15, 0.2) is 30.3 Å². The van der Waals surface area contributed by atoms with E-state index in [1.807, 2.05) is 44.2 Å². The van der Waals surface area contributed by atoms with Crippen molar-refractivity contribution in [3.05, 3.63) is 35.9 Å². The highest BCUT2D eigenvalue weighted by atomic mass is 16.7. The molecule has 0 heterocycles. The summed E-state index contributed by atoms with van der Waals surface area (Å²) in [6, 6.07) is 6.80. The first-order valence-corrected chi connectivity index (χ1v) is 15.7. The van der Waals surface area contributed by atoms with E-state index in [0.717, 1.165) is 18.4 Å². The molecule has 250 valence electrons. The lowest BCUT2D eigenvalue weighted by Crippen LogP contribution is -2.56. The van der Waals surface area contributed by atoms with E-state index in [1.165, 1.54) is 12.2 Å². The largest absolute Gasteiger partial charge is 0.444 e. The fourth-order valence-electron chi connectivity index (χ4n) is 4.49. The summed E-state index contributed by atoms with van der Waals surface area (Å²) in [5.74, 6) is -1.21. The zero-order valence-electron chi connectivity index (χ0n) is 27.5. The number of rotatable bonds is 20. The van der Waals surface area contributed by atoms with E-state index in [2.05, 4.69) is 16.0 Å². The van der Waals surface area contributed by atoms with Gasteiger partial charge in [-0.25, -0.2) is 9.86 Å². The van der Waals surface area contributed by atoms with Crippen molar-refractivity contribution in [2.24, 2.45) is 17.4 Å². The van der Waals surface area contributed by atoms with E-state index in [-0.39, 0.29) is 11.8 Å². The molecule has 1 aromatic carbocycles. The third-order valence-electron chi connectivity index (χ3n) is 6.71. The summed E-state index contributed by atoms with van der Waals surface area (Å²) in [6.07, 6.45) is 3.93. The highest BCUT2D eigenvalue weighted by molar-refractivity contribution is 5.93. The van der Waals surface area contributed by atoms with Gasteiger partial charge in [-0.1, -0.05) is 50.6 Å². The second-order valence-electron chi connectivity index (χ2n) is 12.4. The van der Waals surface area contributed by atoms with Crippen LogP contribution in [0.25, 0.3) is 0 Å². The predicted octanol–water partition coefficient (Wildman–Crippen LogP) is 2.79. The third kappa shape index (κ3) is 16.6. The molecule has 0 bridgehead atoms. The lowest BCUT2D eigenvalue weighted by molar-refractivity contribution is -0.179. The van der Waals surface area contributed by atoms with E-state index in [0.29, 0.717) is 58.2 Å². The van der Waals surface area contributed by atoms with Crippen molar-refractivity contribution in [1.29, 1.82) is 0 Å². The molecule has 0 saturated carbocycles. The lowest BCUT2D eigenvalue weighted by atomic mass is 10.0. The Bertz CT molecular complexity index is 1000. The SMILES string of the molecule is CON(CCCCCN)C(=O)[C@@H](CCCCNC(=O)OC(C)(C)C)NC(=O)[C@@H](CC(C)C)NC(=O)[C@H](N)Cc1ccccc1.